The van der Waals surface area contributed by atoms with E-state index in [1.54, 1.807) is 30.2 Å². The Morgan fingerprint density at radius 2 is 1.70 bits per heavy atom. The second kappa shape index (κ2) is 14.4. The molecule has 0 saturated carbocycles. The average molecular weight is 523 g/mol. The Morgan fingerprint density at radius 3 is 2.41 bits per heavy atom. The maximum absolute atomic E-state index is 14.1. The van der Waals surface area contributed by atoms with Crippen LogP contribution in [0, 0.1) is 5.82 Å². The van der Waals surface area contributed by atoms with Crippen LogP contribution in [0.2, 0.25) is 0 Å². The summed E-state index contributed by atoms with van der Waals surface area (Å²) in [6.45, 7) is 4.22. The lowest BCUT2D eigenvalue weighted by Gasteiger charge is -2.32. The molecule has 196 valence electrons. The zero-order chi connectivity index (χ0) is 26.6. The maximum atomic E-state index is 14.1. The van der Waals surface area contributed by atoms with E-state index in [9.17, 15) is 14.0 Å². The van der Waals surface area contributed by atoms with E-state index in [0.717, 1.165) is 17.5 Å². The molecule has 1 N–H and O–H groups in total. The number of amides is 2. The Balaban J connectivity index is 1.88. The number of carbonyl (C=O) groups excluding carboxylic acids is 2. The van der Waals surface area contributed by atoms with Gasteiger partial charge < -0.3 is 15.0 Å². The van der Waals surface area contributed by atoms with Crippen LogP contribution in [0.1, 0.15) is 37.0 Å². The fourth-order valence-electron chi connectivity index (χ4n) is 3.91. The molecule has 0 saturated heterocycles. The molecule has 3 aromatic carbocycles. The second-order valence-corrected chi connectivity index (χ2v) is 9.97. The number of nitrogens with one attached hydrogen (secondary N) is 1. The number of ether oxygens (including phenoxy) is 1. The van der Waals surface area contributed by atoms with Crippen LogP contribution >= 0.6 is 11.8 Å². The van der Waals surface area contributed by atoms with Gasteiger partial charge in [-0.05, 0) is 48.2 Å². The fourth-order valence-corrected chi connectivity index (χ4v) is 4.81. The average Bonchev–Trinajstić information content (AvgIpc) is 2.92. The lowest BCUT2D eigenvalue weighted by molar-refractivity contribution is -0.139. The standard InChI is InChI=1S/C30H35FN2O3S/c1-4-22(2)32-30(35)28(18-23-11-6-5-7-12-23)33(19-24-13-10-15-26(17-24)36-3)29(34)21-37-20-25-14-8-9-16-27(25)31/h5-17,22,28H,4,18-21H2,1-3H3,(H,32,35)/t22-,28-/m0/s1. The Kier molecular flexibility index (Phi) is 11.0. The molecule has 0 aliphatic carbocycles. The minimum atomic E-state index is -0.704. The van der Waals surface area contributed by atoms with Crippen molar-refractivity contribution in [3.8, 4) is 5.75 Å². The molecule has 0 aromatic heterocycles. The van der Waals surface area contributed by atoms with Gasteiger partial charge in [0.25, 0.3) is 0 Å². The molecule has 2 amide bonds. The number of methoxy groups -OCH3 is 1. The normalized spacial score (nSPS) is 12.4. The minimum absolute atomic E-state index is 0.0185. The second-order valence-electron chi connectivity index (χ2n) is 8.98. The summed E-state index contributed by atoms with van der Waals surface area (Å²) in [5, 5.41) is 3.07. The van der Waals surface area contributed by atoms with Gasteiger partial charge in [-0.2, -0.15) is 0 Å². The Labute approximate surface area is 223 Å². The third-order valence-corrected chi connectivity index (χ3v) is 7.17. The minimum Gasteiger partial charge on any atom is -0.497 e. The van der Waals surface area contributed by atoms with Gasteiger partial charge in [0.2, 0.25) is 11.8 Å². The first kappa shape index (κ1) is 28.3. The van der Waals surface area contributed by atoms with E-state index in [-0.39, 0.29) is 36.0 Å². The maximum Gasteiger partial charge on any atom is 0.243 e. The Bertz CT molecular complexity index is 1160. The lowest BCUT2D eigenvalue weighted by Crippen LogP contribution is -2.52. The van der Waals surface area contributed by atoms with Gasteiger partial charge in [0.15, 0.2) is 0 Å². The molecule has 7 heteroatoms. The number of hydrogen-bond donors (Lipinski definition) is 1. The number of thioether (sulfide) groups is 1. The zero-order valence-corrected chi connectivity index (χ0v) is 22.5. The zero-order valence-electron chi connectivity index (χ0n) is 21.7. The van der Waals surface area contributed by atoms with Crippen molar-refractivity contribution in [3.05, 3.63) is 101 Å². The highest BCUT2D eigenvalue weighted by Crippen LogP contribution is 2.21. The summed E-state index contributed by atoms with van der Waals surface area (Å²) in [4.78, 5) is 28.8. The number of benzene rings is 3. The fraction of sp³-hybridized carbons (Fsp3) is 0.333. The first-order valence-electron chi connectivity index (χ1n) is 12.5. The van der Waals surface area contributed by atoms with Crippen molar-refractivity contribution in [2.24, 2.45) is 0 Å². The van der Waals surface area contributed by atoms with Gasteiger partial charge >= 0.3 is 0 Å². The van der Waals surface area contributed by atoms with Crippen LogP contribution in [-0.4, -0.2) is 41.7 Å². The third kappa shape index (κ3) is 8.64. The molecular weight excluding hydrogens is 487 g/mol. The SMILES string of the molecule is CC[C@H](C)NC(=O)[C@H](Cc1ccccc1)N(Cc1cccc(OC)c1)C(=O)CSCc1ccccc1F. The van der Waals surface area contributed by atoms with E-state index in [1.807, 2.05) is 68.4 Å². The molecule has 0 bridgehead atoms. The monoisotopic (exact) mass is 522 g/mol. The van der Waals surface area contributed by atoms with Crippen LogP contribution in [0.15, 0.2) is 78.9 Å². The summed E-state index contributed by atoms with van der Waals surface area (Å²) < 4.78 is 19.5. The van der Waals surface area contributed by atoms with Gasteiger partial charge in [0, 0.05) is 24.8 Å². The molecule has 3 rings (SSSR count). The molecule has 0 heterocycles. The summed E-state index contributed by atoms with van der Waals surface area (Å²) in [6, 6.07) is 23.1. The highest BCUT2D eigenvalue weighted by atomic mass is 32.2. The molecule has 5 nitrogen and oxygen atoms in total. The highest BCUT2D eigenvalue weighted by molar-refractivity contribution is 7.99. The van der Waals surface area contributed by atoms with E-state index in [1.165, 1.54) is 17.8 Å². The van der Waals surface area contributed by atoms with Crippen molar-refractivity contribution < 1.29 is 18.7 Å². The molecule has 0 aliphatic heterocycles. The van der Waals surface area contributed by atoms with Crippen molar-refractivity contribution in [3.63, 3.8) is 0 Å². The number of halogens is 1. The third-order valence-electron chi connectivity index (χ3n) is 6.20. The highest BCUT2D eigenvalue weighted by Gasteiger charge is 2.31. The quantitative estimate of drug-likeness (QED) is 0.317. The van der Waals surface area contributed by atoms with Gasteiger partial charge in [-0.1, -0.05) is 67.6 Å². The summed E-state index contributed by atoms with van der Waals surface area (Å²) >= 11 is 1.34. The molecule has 37 heavy (non-hydrogen) atoms. The molecule has 2 atom stereocenters. The first-order chi connectivity index (χ1) is 17.9. The Morgan fingerprint density at radius 1 is 1.00 bits per heavy atom. The van der Waals surface area contributed by atoms with Gasteiger partial charge in [-0.25, -0.2) is 4.39 Å². The van der Waals surface area contributed by atoms with E-state index in [4.69, 9.17) is 4.74 Å². The first-order valence-corrected chi connectivity index (χ1v) is 13.6. The number of rotatable bonds is 13. The molecule has 0 radical (unpaired) electrons. The van der Waals surface area contributed by atoms with Crippen molar-refractivity contribution in [2.45, 2.75) is 51.1 Å². The van der Waals surface area contributed by atoms with E-state index < -0.39 is 6.04 Å². The molecule has 3 aromatic rings. The van der Waals surface area contributed by atoms with Gasteiger partial charge in [0.1, 0.15) is 17.6 Å². The van der Waals surface area contributed by atoms with Gasteiger partial charge in [0.05, 0.1) is 12.9 Å². The summed E-state index contributed by atoms with van der Waals surface area (Å²) in [6.07, 6.45) is 1.17. The molecule has 0 spiro atoms. The van der Waals surface area contributed by atoms with Crippen LogP contribution in [-0.2, 0) is 28.3 Å². The Hall–Kier alpha value is -3.32. The van der Waals surface area contributed by atoms with Crippen LogP contribution in [0.4, 0.5) is 4.39 Å². The van der Waals surface area contributed by atoms with Crippen molar-refractivity contribution in [1.82, 2.24) is 10.2 Å². The molecule has 0 aliphatic rings. The molecule has 0 unspecified atom stereocenters. The van der Waals surface area contributed by atoms with Crippen LogP contribution in [0.3, 0.4) is 0 Å². The number of nitrogens with zero attached hydrogens (tertiary/aromatic N) is 1. The van der Waals surface area contributed by atoms with Crippen molar-refractivity contribution >= 4 is 23.6 Å². The van der Waals surface area contributed by atoms with Gasteiger partial charge in [-0.3, -0.25) is 9.59 Å². The van der Waals surface area contributed by atoms with Crippen LogP contribution < -0.4 is 10.1 Å². The molecule has 0 fully saturated rings. The van der Waals surface area contributed by atoms with Gasteiger partial charge in [-0.15, -0.1) is 11.8 Å². The topological polar surface area (TPSA) is 58.6 Å². The summed E-state index contributed by atoms with van der Waals surface area (Å²) in [5.41, 5.74) is 2.38. The van der Waals surface area contributed by atoms with Crippen LogP contribution in [0.5, 0.6) is 5.75 Å². The van der Waals surface area contributed by atoms with E-state index in [0.29, 0.717) is 23.5 Å². The van der Waals surface area contributed by atoms with E-state index in [2.05, 4.69) is 5.32 Å². The van der Waals surface area contributed by atoms with Crippen LogP contribution in [0.25, 0.3) is 0 Å². The number of hydrogen-bond acceptors (Lipinski definition) is 4. The van der Waals surface area contributed by atoms with Crippen molar-refractivity contribution in [2.75, 3.05) is 12.9 Å². The van der Waals surface area contributed by atoms with Crippen molar-refractivity contribution in [1.29, 1.82) is 0 Å². The van der Waals surface area contributed by atoms with E-state index >= 15 is 0 Å². The number of carbonyl (C=O) groups is 2. The predicted molar refractivity (Wildman–Crippen MR) is 148 cm³/mol. The lowest BCUT2D eigenvalue weighted by atomic mass is 10.0. The summed E-state index contributed by atoms with van der Waals surface area (Å²) in [7, 11) is 1.60. The largest absolute Gasteiger partial charge is 0.497 e. The summed E-state index contributed by atoms with van der Waals surface area (Å²) in [5.74, 6) is 0.527. The molecular formula is C30H35FN2O3S. The predicted octanol–water partition coefficient (Wildman–Crippen LogP) is 5.62. The smallest absolute Gasteiger partial charge is 0.243 e.